The molecule has 20 heavy (non-hydrogen) atoms. The molecule has 0 spiro atoms. The number of aliphatic hydroxyl groups excluding tert-OH is 1. The molecule has 5 heteroatoms. The Kier molecular flexibility index (Phi) is 6.65. The highest BCUT2D eigenvalue weighted by atomic mass is 32.2. The van der Waals surface area contributed by atoms with E-state index in [1.54, 1.807) is 6.92 Å². The van der Waals surface area contributed by atoms with E-state index in [0.29, 0.717) is 13.0 Å². The van der Waals surface area contributed by atoms with Crippen LogP contribution in [-0.4, -0.2) is 31.9 Å². The lowest BCUT2D eigenvalue weighted by Crippen LogP contribution is -2.32. The molecule has 0 fully saturated rings. The van der Waals surface area contributed by atoms with Gasteiger partial charge in [-0.3, -0.25) is 0 Å². The van der Waals surface area contributed by atoms with Crippen molar-refractivity contribution >= 4 is 10.0 Å². The van der Waals surface area contributed by atoms with Crippen LogP contribution in [0.5, 0.6) is 0 Å². The van der Waals surface area contributed by atoms with Gasteiger partial charge < -0.3 is 5.11 Å². The van der Waals surface area contributed by atoms with E-state index in [4.69, 9.17) is 0 Å². The van der Waals surface area contributed by atoms with Gasteiger partial charge in [0.05, 0.1) is 11.9 Å². The highest BCUT2D eigenvalue weighted by molar-refractivity contribution is 7.89. The van der Waals surface area contributed by atoms with Gasteiger partial charge in [-0.2, -0.15) is 0 Å². The summed E-state index contributed by atoms with van der Waals surface area (Å²) in [5.41, 5.74) is 1.02. The first-order valence-electron chi connectivity index (χ1n) is 7.00. The maximum Gasteiger partial charge on any atom is 0.212 e. The second kappa shape index (κ2) is 7.76. The third-order valence-electron chi connectivity index (χ3n) is 3.23. The normalized spacial score (nSPS) is 16.6. The Bertz CT molecular complexity index is 485. The number of hydrogen-bond donors (Lipinski definition) is 2. The maximum absolute atomic E-state index is 12.0. The third kappa shape index (κ3) is 6.50. The zero-order valence-corrected chi connectivity index (χ0v) is 13.2. The zero-order chi connectivity index (χ0) is 15.2. The van der Waals surface area contributed by atoms with Gasteiger partial charge in [-0.25, -0.2) is 13.1 Å². The van der Waals surface area contributed by atoms with Gasteiger partial charge in [0, 0.05) is 6.54 Å². The monoisotopic (exact) mass is 299 g/mol. The van der Waals surface area contributed by atoms with Crippen molar-refractivity contribution in [2.45, 2.75) is 39.2 Å². The predicted molar refractivity (Wildman–Crippen MR) is 82.1 cm³/mol. The maximum atomic E-state index is 12.0. The molecule has 1 rings (SSSR count). The van der Waals surface area contributed by atoms with Crippen LogP contribution in [-0.2, 0) is 10.0 Å². The van der Waals surface area contributed by atoms with Crippen LogP contribution in [0.1, 0.15) is 38.7 Å². The first-order chi connectivity index (χ1) is 9.30. The largest absolute Gasteiger partial charge is 0.393 e. The molecule has 0 radical (unpaired) electrons. The van der Waals surface area contributed by atoms with Crippen LogP contribution in [0.25, 0.3) is 0 Å². The zero-order valence-electron chi connectivity index (χ0n) is 12.4. The van der Waals surface area contributed by atoms with Crippen molar-refractivity contribution in [2.75, 3.05) is 12.3 Å². The van der Waals surface area contributed by atoms with E-state index in [9.17, 15) is 13.5 Å². The SMILES string of the molecule is CC(O)CC(C)CNS(=O)(=O)CC(C)c1ccccc1. The molecule has 1 aromatic rings. The van der Waals surface area contributed by atoms with E-state index in [1.807, 2.05) is 44.2 Å². The minimum atomic E-state index is -3.29. The first-order valence-corrected chi connectivity index (χ1v) is 8.65. The van der Waals surface area contributed by atoms with Crippen molar-refractivity contribution < 1.29 is 13.5 Å². The summed E-state index contributed by atoms with van der Waals surface area (Å²) >= 11 is 0. The Morgan fingerprint density at radius 1 is 1.15 bits per heavy atom. The van der Waals surface area contributed by atoms with Gasteiger partial charge in [0.15, 0.2) is 0 Å². The van der Waals surface area contributed by atoms with Crippen LogP contribution in [0.2, 0.25) is 0 Å². The molecule has 0 aliphatic heterocycles. The number of sulfonamides is 1. The summed E-state index contributed by atoms with van der Waals surface area (Å²) < 4.78 is 26.7. The minimum absolute atomic E-state index is 0.0410. The lowest BCUT2D eigenvalue weighted by Gasteiger charge is -2.16. The van der Waals surface area contributed by atoms with Gasteiger partial charge >= 0.3 is 0 Å². The molecule has 3 atom stereocenters. The molecular weight excluding hydrogens is 274 g/mol. The van der Waals surface area contributed by atoms with Crippen molar-refractivity contribution in [2.24, 2.45) is 5.92 Å². The molecule has 0 saturated heterocycles. The third-order valence-corrected chi connectivity index (χ3v) is 4.78. The van der Waals surface area contributed by atoms with Gasteiger partial charge in [0.1, 0.15) is 0 Å². The molecule has 0 amide bonds. The van der Waals surface area contributed by atoms with Crippen molar-refractivity contribution in [3.05, 3.63) is 35.9 Å². The molecule has 0 aliphatic rings. The summed E-state index contributed by atoms with van der Waals surface area (Å²) in [5, 5.41) is 9.27. The molecule has 0 aromatic heterocycles. The average Bonchev–Trinajstić information content (AvgIpc) is 2.36. The topological polar surface area (TPSA) is 66.4 Å². The van der Waals surface area contributed by atoms with Crippen molar-refractivity contribution in [1.29, 1.82) is 0 Å². The van der Waals surface area contributed by atoms with Crippen molar-refractivity contribution in [3.63, 3.8) is 0 Å². The highest BCUT2D eigenvalue weighted by Crippen LogP contribution is 2.16. The fourth-order valence-corrected chi connectivity index (χ4v) is 3.71. The van der Waals surface area contributed by atoms with E-state index in [-0.39, 0.29) is 17.6 Å². The fourth-order valence-electron chi connectivity index (χ4n) is 2.20. The van der Waals surface area contributed by atoms with E-state index < -0.39 is 16.1 Å². The minimum Gasteiger partial charge on any atom is -0.393 e. The molecule has 0 bridgehead atoms. The van der Waals surface area contributed by atoms with Crippen LogP contribution in [0.15, 0.2) is 30.3 Å². The summed E-state index contributed by atoms with van der Waals surface area (Å²) in [4.78, 5) is 0. The number of nitrogens with one attached hydrogen (secondary N) is 1. The Balaban J connectivity index is 2.49. The summed E-state index contributed by atoms with van der Waals surface area (Å²) in [5.74, 6) is 0.163. The van der Waals surface area contributed by atoms with E-state index >= 15 is 0 Å². The number of benzene rings is 1. The molecule has 2 N–H and O–H groups in total. The van der Waals surface area contributed by atoms with Crippen LogP contribution in [0.4, 0.5) is 0 Å². The molecule has 3 unspecified atom stereocenters. The highest BCUT2D eigenvalue weighted by Gasteiger charge is 2.18. The van der Waals surface area contributed by atoms with Gasteiger partial charge in [-0.05, 0) is 30.7 Å². The summed E-state index contributed by atoms with van der Waals surface area (Å²) in [6.07, 6.45) is 0.189. The lowest BCUT2D eigenvalue weighted by molar-refractivity contribution is 0.165. The smallest absolute Gasteiger partial charge is 0.212 e. The van der Waals surface area contributed by atoms with E-state index in [1.165, 1.54) is 0 Å². The first kappa shape index (κ1) is 17.1. The molecule has 1 aromatic carbocycles. The standard InChI is InChI=1S/C15H25NO3S/c1-12(9-14(3)17)10-16-20(18,19)11-13(2)15-7-5-4-6-8-15/h4-8,12-14,16-17H,9-11H2,1-3H3. The van der Waals surface area contributed by atoms with Gasteiger partial charge in [-0.1, -0.05) is 44.2 Å². The van der Waals surface area contributed by atoms with Crippen LogP contribution < -0.4 is 4.72 Å². The Morgan fingerprint density at radius 2 is 1.75 bits per heavy atom. The van der Waals surface area contributed by atoms with E-state index in [2.05, 4.69) is 4.72 Å². The summed E-state index contributed by atoms with van der Waals surface area (Å²) in [7, 11) is -3.29. The molecule has 114 valence electrons. The van der Waals surface area contributed by atoms with Crippen LogP contribution in [0.3, 0.4) is 0 Å². The van der Waals surface area contributed by atoms with Gasteiger partial charge in [0.2, 0.25) is 10.0 Å². The quantitative estimate of drug-likeness (QED) is 0.772. The molecular formula is C15H25NO3S. The van der Waals surface area contributed by atoms with Gasteiger partial charge in [-0.15, -0.1) is 0 Å². The van der Waals surface area contributed by atoms with Crippen molar-refractivity contribution in [1.82, 2.24) is 4.72 Å². The predicted octanol–water partition coefficient (Wildman–Crippen LogP) is 2.12. The number of hydrogen-bond acceptors (Lipinski definition) is 3. The van der Waals surface area contributed by atoms with Crippen molar-refractivity contribution in [3.8, 4) is 0 Å². The summed E-state index contributed by atoms with van der Waals surface area (Å²) in [6, 6.07) is 9.63. The molecule has 4 nitrogen and oxygen atoms in total. The number of aliphatic hydroxyl groups is 1. The van der Waals surface area contributed by atoms with E-state index in [0.717, 1.165) is 5.56 Å². The lowest BCUT2D eigenvalue weighted by atomic mass is 10.0. The molecule has 0 aliphatic carbocycles. The second-order valence-corrected chi connectivity index (χ2v) is 7.48. The van der Waals surface area contributed by atoms with Gasteiger partial charge in [0.25, 0.3) is 0 Å². The second-order valence-electron chi connectivity index (χ2n) is 5.63. The average molecular weight is 299 g/mol. The van der Waals surface area contributed by atoms with Crippen LogP contribution in [0, 0.1) is 5.92 Å². The molecule has 0 heterocycles. The van der Waals surface area contributed by atoms with Crippen LogP contribution >= 0.6 is 0 Å². The Hall–Kier alpha value is -0.910. The Morgan fingerprint density at radius 3 is 2.30 bits per heavy atom. The summed E-state index contributed by atoms with van der Waals surface area (Å²) in [6.45, 7) is 5.92. The Labute approximate surface area is 122 Å². The fraction of sp³-hybridized carbons (Fsp3) is 0.600. The molecule has 0 saturated carbocycles. The number of rotatable bonds is 8.